The summed E-state index contributed by atoms with van der Waals surface area (Å²) >= 11 is 11.0. The van der Waals surface area contributed by atoms with Crippen LogP contribution in [-0.4, -0.2) is 12.5 Å². The van der Waals surface area contributed by atoms with Crippen molar-refractivity contribution in [3.63, 3.8) is 0 Å². The van der Waals surface area contributed by atoms with E-state index in [9.17, 15) is 9.18 Å². The fraction of sp³-hybridized carbons (Fsp3) is 0.100. The zero-order valence-electron chi connectivity index (χ0n) is 7.69. The first kappa shape index (κ1) is 12.0. The summed E-state index contributed by atoms with van der Waals surface area (Å²) in [6.45, 7) is 3.58. The molecule has 0 saturated heterocycles. The maximum atomic E-state index is 12.8. The molecular formula is C10H8Cl2FNO. The Kier molecular flexibility index (Phi) is 4.12. The lowest BCUT2D eigenvalue weighted by molar-refractivity contribution is 0.0957. The van der Waals surface area contributed by atoms with Crippen molar-refractivity contribution in [2.24, 2.45) is 0 Å². The van der Waals surface area contributed by atoms with Gasteiger partial charge in [0, 0.05) is 10.6 Å². The minimum atomic E-state index is -0.560. The van der Waals surface area contributed by atoms with Crippen LogP contribution in [-0.2, 0) is 0 Å². The average Bonchev–Trinajstić information content (AvgIpc) is 2.18. The zero-order chi connectivity index (χ0) is 11.4. The van der Waals surface area contributed by atoms with Gasteiger partial charge < -0.3 is 5.32 Å². The van der Waals surface area contributed by atoms with Crippen LogP contribution >= 0.6 is 23.2 Å². The fourth-order valence-electron chi connectivity index (χ4n) is 0.916. The molecule has 1 aromatic carbocycles. The van der Waals surface area contributed by atoms with Crippen LogP contribution in [0.15, 0.2) is 29.8 Å². The van der Waals surface area contributed by atoms with Crippen LogP contribution in [0, 0.1) is 5.82 Å². The highest BCUT2D eigenvalue weighted by Gasteiger charge is 2.07. The first-order valence-corrected chi connectivity index (χ1v) is 4.83. The van der Waals surface area contributed by atoms with Gasteiger partial charge in [0.1, 0.15) is 5.82 Å². The Morgan fingerprint density at radius 1 is 1.53 bits per heavy atom. The van der Waals surface area contributed by atoms with E-state index in [1.54, 1.807) is 0 Å². The number of rotatable bonds is 3. The second kappa shape index (κ2) is 5.14. The molecule has 0 aromatic heterocycles. The lowest BCUT2D eigenvalue weighted by atomic mass is 10.2. The minimum Gasteiger partial charge on any atom is -0.347 e. The predicted molar refractivity (Wildman–Crippen MR) is 58.7 cm³/mol. The van der Waals surface area contributed by atoms with Crippen molar-refractivity contribution >= 4 is 29.1 Å². The molecule has 1 N–H and O–H groups in total. The summed E-state index contributed by atoms with van der Waals surface area (Å²) in [5.74, 6) is -0.936. The molecule has 0 radical (unpaired) electrons. The number of hydrogen-bond acceptors (Lipinski definition) is 1. The van der Waals surface area contributed by atoms with Crippen LogP contribution in [0.3, 0.4) is 0 Å². The lowest BCUT2D eigenvalue weighted by Crippen LogP contribution is -2.24. The zero-order valence-corrected chi connectivity index (χ0v) is 9.20. The quantitative estimate of drug-likeness (QED) is 0.875. The summed E-state index contributed by atoms with van der Waals surface area (Å²) in [5, 5.41) is 2.72. The van der Waals surface area contributed by atoms with E-state index in [1.807, 2.05) is 0 Å². The van der Waals surface area contributed by atoms with E-state index in [0.717, 1.165) is 6.07 Å². The first-order chi connectivity index (χ1) is 7.00. The highest BCUT2D eigenvalue weighted by atomic mass is 35.5. The molecule has 1 aromatic rings. The third-order valence-corrected chi connectivity index (χ3v) is 2.05. The van der Waals surface area contributed by atoms with Crippen molar-refractivity contribution in [3.8, 4) is 0 Å². The van der Waals surface area contributed by atoms with Gasteiger partial charge in [-0.05, 0) is 18.2 Å². The van der Waals surface area contributed by atoms with Gasteiger partial charge in [-0.1, -0.05) is 29.8 Å². The van der Waals surface area contributed by atoms with Crippen LogP contribution in [0.4, 0.5) is 4.39 Å². The molecule has 0 spiro atoms. The summed E-state index contributed by atoms with van der Waals surface area (Å²) in [6, 6.07) is 3.73. The van der Waals surface area contributed by atoms with Crippen molar-refractivity contribution in [2.75, 3.05) is 6.54 Å². The van der Waals surface area contributed by atoms with Gasteiger partial charge in [-0.15, -0.1) is 0 Å². The topological polar surface area (TPSA) is 29.1 Å². The number of halogens is 3. The number of carbonyl (C=O) groups excluding carboxylic acids is 1. The van der Waals surface area contributed by atoms with Gasteiger partial charge in [0.2, 0.25) is 0 Å². The third kappa shape index (κ3) is 3.53. The molecule has 0 unspecified atom stereocenters. The third-order valence-electron chi connectivity index (χ3n) is 1.62. The van der Waals surface area contributed by atoms with Crippen LogP contribution in [0.25, 0.3) is 0 Å². The molecule has 0 aliphatic rings. The Bertz CT molecular complexity index is 406. The highest BCUT2D eigenvalue weighted by Crippen LogP contribution is 2.15. The van der Waals surface area contributed by atoms with Gasteiger partial charge in [0.15, 0.2) is 0 Å². The van der Waals surface area contributed by atoms with E-state index in [0.29, 0.717) is 5.03 Å². The summed E-state index contributed by atoms with van der Waals surface area (Å²) in [5.41, 5.74) is 0.277. The van der Waals surface area contributed by atoms with E-state index in [4.69, 9.17) is 23.2 Å². The van der Waals surface area contributed by atoms with E-state index in [1.165, 1.54) is 12.1 Å². The molecule has 2 nitrogen and oxygen atoms in total. The molecule has 0 aliphatic heterocycles. The summed E-state index contributed by atoms with van der Waals surface area (Å²) in [4.78, 5) is 11.4. The van der Waals surface area contributed by atoms with Crippen molar-refractivity contribution in [2.45, 2.75) is 0 Å². The van der Waals surface area contributed by atoms with Gasteiger partial charge in [-0.2, -0.15) is 0 Å². The van der Waals surface area contributed by atoms with Crippen LogP contribution < -0.4 is 5.32 Å². The van der Waals surface area contributed by atoms with Crippen molar-refractivity contribution in [3.05, 3.63) is 46.2 Å². The molecular weight excluding hydrogens is 240 g/mol. The first-order valence-electron chi connectivity index (χ1n) is 4.07. The summed E-state index contributed by atoms with van der Waals surface area (Å²) in [7, 11) is 0. The van der Waals surface area contributed by atoms with Crippen molar-refractivity contribution in [1.29, 1.82) is 0 Å². The smallest absolute Gasteiger partial charge is 0.251 e. The van der Waals surface area contributed by atoms with Crippen molar-refractivity contribution in [1.82, 2.24) is 5.32 Å². The van der Waals surface area contributed by atoms with Crippen LogP contribution in [0.1, 0.15) is 10.4 Å². The molecule has 0 saturated carbocycles. The Labute approximate surface area is 96.7 Å². The standard InChI is InChI=1S/C10H8Cl2FNO/c1-6(11)5-14-10(15)7-2-3-9(13)8(12)4-7/h2-4H,1,5H2,(H,14,15). The minimum absolute atomic E-state index is 0.0904. The largest absolute Gasteiger partial charge is 0.347 e. The second-order valence-corrected chi connectivity index (χ2v) is 3.77. The Balaban J connectivity index is 2.74. The highest BCUT2D eigenvalue weighted by molar-refractivity contribution is 6.31. The summed E-state index contributed by atoms with van der Waals surface area (Å²) < 4.78 is 12.8. The number of benzene rings is 1. The van der Waals surface area contributed by atoms with Gasteiger partial charge in [-0.3, -0.25) is 4.79 Å². The molecule has 0 aliphatic carbocycles. The number of carbonyl (C=O) groups is 1. The number of nitrogens with one attached hydrogen (secondary N) is 1. The van der Waals surface area contributed by atoms with E-state index in [-0.39, 0.29) is 23.0 Å². The van der Waals surface area contributed by atoms with Crippen molar-refractivity contribution < 1.29 is 9.18 Å². The maximum absolute atomic E-state index is 12.8. The molecule has 1 rings (SSSR count). The van der Waals surface area contributed by atoms with Crippen LogP contribution in [0.5, 0.6) is 0 Å². The molecule has 0 heterocycles. The summed E-state index contributed by atoms with van der Waals surface area (Å²) in [6.07, 6.45) is 0. The molecule has 0 bridgehead atoms. The predicted octanol–water partition coefficient (Wildman–Crippen LogP) is 2.96. The van der Waals surface area contributed by atoms with Crippen LogP contribution in [0.2, 0.25) is 5.02 Å². The average molecular weight is 248 g/mol. The molecule has 0 atom stereocenters. The molecule has 80 valence electrons. The normalized spacial score (nSPS) is 9.80. The van der Waals surface area contributed by atoms with E-state index < -0.39 is 5.82 Å². The Morgan fingerprint density at radius 2 is 2.20 bits per heavy atom. The maximum Gasteiger partial charge on any atom is 0.251 e. The molecule has 0 fully saturated rings. The fourth-order valence-corrected chi connectivity index (χ4v) is 1.16. The SMILES string of the molecule is C=C(Cl)CNC(=O)c1ccc(F)c(Cl)c1. The van der Waals surface area contributed by atoms with Gasteiger partial charge in [-0.25, -0.2) is 4.39 Å². The molecule has 5 heteroatoms. The monoisotopic (exact) mass is 247 g/mol. The van der Waals surface area contributed by atoms with Gasteiger partial charge >= 0.3 is 0 Å². The van der Waals surface area contributed by atoms with Gasteiger partial charge in [0.25, 0.3) is 5.91 Å². The lowest BCUT2D eigenvalue weighted by Gasteiger charge is -2.04. The van der Waals surface area contributed by atoms with Gasteiger partial charge in [0.05, 0.1) is 11.6 Å². The second-order valence-electron chi connectivity index (χ2n) is 2.83. The molecule has 1 amide bonds. The van der Waals surface area contributed by atoms with E-state index >= 15 is 0 Å². The number of hydrogen-bond donors (Lipinski definition) is 1. The van der Waals surface area contributed by atoms with E-state index in [2.05, 4.69) is 11.9 Å². The number of amides is 1. The molecule has 15 heavy (non-hydrogen) atoms. The Morgan fingerprint density at radius 3 is 2.73 bits per heavy atom. The Hall–Kier alpha value is -1.06.